The van der Waals surface area contributed by atoms with Crippen LogP contribution >= 0.6 is 0 Å². The molecule has 0 bridgehead atoms. The molecule has 2 aromatic carbocycles. The van der Waals surface area contributed by atoms with Gasteiger partial charge in [0.15, 0.2) is 0 Å². The van der Waals surface area contributed by atoms with E-state index in [2.05, 4.69) is 70.3 Å². The van der Waals surface area contributed by atoms with Crippen LogP contribution in [0, 0.1) is 0 Å². The Morgan fingerprint density at radius 3 is 1.86 bits per heavy atom. The van der Waals surface area contributed by atoms with Crippen LogP contribution in [0.25, 0.3) is 17.7 Å². The molecule has 1 aliphatic carbocycles. The van der Waals surface area contributed by atoms with Crippen LogP contribution in [0.15, 0.2) is 66.3 Å². The van der Waals surface area contributed by atoms with Gasteiger partial charge in [-0.05, 0) is 40.7 Å². The zero-order valence-electron chi connectivity index (χ0n) is 20.8. The first-order chi connectivity index (χ1) is 17.9. The molecule has 8 heteroatoms. The highest BCUT2D eigenvalue weighted by molar-refractivity contribution is 5.95. The summed E-state index contributed by atoms with van der Waals surface area (Å²) in [6.07, 6.45) is 7.68. The summed E-state index contributed by atoms with van der Waals surface area (Å²) in [5, 5.41) is 15.6. The monoisotopic (exact) mass is 505 g/mol. The van der Waals surface area contributed by atoms with Crippen LogP contribution in [-0.4, -0.2) is 73.0 Å². The summed E-state index contributed by atoms with van der Waals surface area (Å²) < 4.78 is 10.0. The molecule has 2 aromatic rings. The molecule has 0 aromatic heterocycles. The first-order valence-corrected chi connectivity index (χ1v) is 12.0. The fraction of sp³-hybridized carbons (Fsp3) is 0.276. The number of carboxylic acids is 2. The van der Waals surface area contributed by atoms with Crippen molar-refractivity contribution in [1.29, 1.82) is 0 Å². The molecule has 8 nitrogen and oxygen atoms in total. The predicted molar refractivity (Wildman–Crippen MR) is 141 cm³/mol. The average molecular weight is 506 g/mol. The third kappa shape index (κ3) is 8.27. The number of ether oxygens (including phenoxy) is 2. The van der Waals surface area contributed by atoms with Gasteiger partial charge in [-0.2, -0.15) is 0 Å². The highest BCUT2D eigenvalue weighted by Gasteiger charge is 2.22. The number of carbonyl (C=O) groups excluding carboxylic acids is 1. The van der Waals surface area contributed by atoms with E-state index in [1.807, 2.05) is 0 Å². The average Bonchev–Trinajstić information content (AvgIpc) is 3.07. The minimum atomic E-state index is -1.26. The van der Waals surface area contributed by atoms with Crippen LogP contribution in [0.4, 0.5) is 0 Å². The lowest BCUT2D eigenvalue weighted by molar-refractivity contribution is -0.146. The zero-order valence-corrected chi connectivity index (χ0v) is 20.8. The lowest BCUT2D eigenvalue weighted by Gasteiger charge is -2.30. The van der Waals surface area contributed by atoms with Crippen molar-refractivity contribution in [1.82, 2.24) is 4.90 Å². The maximum absolute atomic E-state index is 11.1. The van der Waals surface area contributed by atoms with E-state index in [0.717, 1.165) is 32.5 Å². The standard InChI is InChI=1S/C25H27NO3.C4H4O4/c1-28-24(27)18-29-17-16-26-14-12-21(13-15-26)25-22-8-4-2-6-19(22)10-11-20-7-3-5-9-23(20)25;5-3(6)1-2-4(7)8/h2-11H,12-18H2,1H3;1-2H,(H,5,6)(H,7,8)/b;2-1+. The molecule has 1 aliphatic heterocycles. The molecule has 194 valence electrons. The van der Waals surface area contributed by atoms with E-state index in [4.69, 9.17) is 14.9 Å². The number of rotatable bonds is 7. The van der Waals surface area contributed by atoms with Crippen LogP contribution in [-0.2, 0) is 23.9 Å². The molecular formula is C29H31NO7. The fourth-order valence-corrected chi connectivity index (χ4v) is 4.29. The Balaban J connectivity index is 0.000000414. The van der Waals surface area contributed by atoms with Gasteiger partial charge in [0.1, 0.15) is 6.61 Å². The van der Waals surface area contributed by atoms with E-state index < -0.39 is 11.9 Å². The minimum Gasteiger partial charge on any atom is -0.478 e. The van der Waals surface area contributed by atoms with Gasteiger partial charge in [-0.25, -0.2) is 14.4 Å². The largest absolute Gasteiger partial charge is 0.478 e. The number of carboxylic acid groups (broad SMARTS) is 2. The number of nitrogens with zero attached hydrogens (tertiary/aromatic N) is 1. The number of hydrogen-bond acceptors (Lipinski definition) is 6. The van der Waals surface area contributed by atoms with Gasteiger partial charge in [0.25, 0.3) is 0 Å². The third-order valence-electron chi connectivity index (χ3n) is 6.08. The van der Waals surface area contributed by atoms with E-state index in [0.29, 0.717) is 18.8 Å². The first-order valence-electron chi connectivity index (χ1n) is 12.0. The molecule has 2 aliphatic rings. The summed E-state index contributed by atoms with van der Waals surface area (Å²) in [6.45, 7) is 3.45. The van der Waals surface area contributed by atoms with Crippen LogP contribution in [0.5, 0.6) is 0 Å². The van der Waals surface area contributed by atoms with E-state index in [-0.39, 0.29) is 12.6 Å². The number of aliphatic carboxylic acids is 2. The van der Waals surface area contributed by atoms with Gasteiger partial charge in [0.2, 0.25) is 0 Å². The Bertz CT molecular complexity index is 1130. The first kappa shape index (κ1) is 27.6. The number of likely N-dealkylation sites (tertiary alicyclic amines) is 1. The van der Waals surface area contributed by atoms with E-state index in [1.165, 1.54) is 40.5 Å². The molecule has 0 unspecified atom stereocenters. The summed E-state index contributed by atoms with van der Waals surface area (Å²) in [4.78, 5) is 32.7. The van der Waals surface area contributed by atoms with Crippen molar-refractivity contribution in [3.63, 3.8) is 0 Å². The Labute approximate surface area is 216 Å². The number of hydrogen-bond donors (Lipinski definition) is 2. The number of benzene rings is 2. The molecule has 1 fully saturated rings. The molecule has 0 radical (unpaired) electrons. The fourth-order valence-electron chi connectivity index (χ4n) is 4.29. The SMILES string of the molecule is COC(=O)COCCN1CCC(=C2c3ccccc3C=Cc3ccccc32)CC1.O=C(O)/C=C/C(=O)O. The van der Waals surface area contributed by atoms with Crippen molar-refractivity contribution < 1.29 is 34.1 Å². The van der Waals surface area contributed by atoms with Crippen molar-refractivity contribution in [2.75, 3.05) is 40.0 Å². The molecule has 37 heavy (non-hydrogen) atoms. The Kier molecular flexibility index (Phi) is 10.4. The quantitative estimate of drug-likeness (QED) is 0.282. The van der Waals surface area contributed by atoms with Gasteiger partial charge in [-0.1, -0.05) is 66.3 Å². The zero-order chi connectivity index (χ0) is 26.6. The van der Waals surface area contributed by atoms with Crippen molar-refractivity contribution in [3.05, 3.63) is 88.5 Å². The minimum absolute atomic E-state index is 0.0280. The maximum atomic E-state index is 11.1. The third-order valence-corrected chi connectivity index (χ3v) is 6.08. The summed E-state index contributed by atoms with van der Waals surface area (Å²) in [5.41, 5.74) is 8.16. The van der Waals surface area contributed by atoms with Gasteiger partial charge >= 0.3 is 17.9 Å². The summed E-state index contributed by atoms with van der Waals surface area (Å²) in [6, 6.07) is 17.4. The lowest BCUT2D eigenvalue weighted by Crippen LogP contribution is -2.34. The molecule has 1 saturated heterocycles. The van der Waals surface area contributed by atoms with Gasteiger partial charge in [-0.15, -0.1) is 0 Å². The number of piperidine rings is 1. The summed E-state index contributed by atoms with van der Waals surface area (Å²) >= 11 is 0. The molecule has 0 atom stereocenters. The summed E-state index contributed by atoms with van der Waals surface area (Å²) in [7, 11) is 1.38. The number of carbonyl (C=O) groups is 3. The molecule has 0 spiro atoms. The molecular weight excluding hydrogens is 474 g/mol. The Morgan fingerprint density at radius 2 is 1.38 bits per heavy atom. The lowest BCUT2D eigenvalue weighted by atomic mass is 9.86. The second kappa shape index (κ2) is 13.9. The molecule has 2 N–H and O–H groups in total. The smallest absolute Gasteiger partial charge is 0.331 e. The second-order valence-corrected chi connectivity index (χ2v) is 8.47. The molecule has 0 amide bonds. The Hall–Kier alpha value is -4.01. The molecule has 1 heterocycles. The maximum Gasteiger partial charge on any atom is 0.331 e. The van der Waals surface area contributed by atoms with Gasteiger partial charge < -0.3 is 24.6 Å². The van der Waals surface area contributed by atoms with Crippen molar-refractivity contribution >= 4 is 35.6 Å². The van der Waals surface area contributed by atoms with Gasteiger partial charge in [-0.3, -0.25) is 0 Å². The predicted octanol–water partition coefficient (Wildman–Crippen LogP) is 3.97. The van der Waals surface area contributed by atoms with Crippen LogP contribution in [0.3, 0.4) is 0 Å². The van der Waals surface area contributed by atoms with E-state index >= 15 is 0 Å². The van der Waals surface area contributed by atoms with E-state index in [1.54, 1.807) is 0 Å². The van der Waals surface area contributed by atoms with Crippen LogP contribution < -0.4 is 0 Å². The second-order valence-electron chi connectivity index (χ2n) is 8.47. The number of methoxy groups -OCH3 is 1. The number of esters is 1. The summed E-state index contributed by atoms with van der Waals surface area (Å²) in [5.74, 6) is -2.84. The van der Waals surface area contributed by atoms with Gasteiger partial charge in [0.05, 0.1) is 13.7 Å². The normalized spacial score (nSPS) is 14.7. The van der Waals surface area contributed by atoms with Crippen LogP contribution in [0.2, 0.25) is 0 Å². The van der Waals surface area contributed by atoms with Crippen molar-refractivity contribution in [3.8, 4) is 0 Å². The number of fused-ring (bicyclic) bond motifs is 2. The highest BCUT2D eigenvalue weighted by atomic mass is 16.6. The molecule has 0 saturated carbocycles. The van der Waals surface area contributed by atoms with E-state index in [9.17, 15) is 14.4 Å². The highest BCUT2D eigenvalue weighted by Crippen LogP contribution is 2.38. The molecule has 4 rings (SSSR count). The van der Waals surface area contributed by atoms with Crippen molar-refractivity contribution in [2.24, 2.45) is 0 Å². The Morgan fingerprint density at radius 1 is 0.865 bits per heavy atom. The van der Waals surface area contributed by atoms with Gasteiger partial charge in [0, 0.05) is 31.8 Å². The van der Waals surface area contributed by atoms with Crippen LogP contribution in [0.1, 0.15) is 35.1 Å². The topological polar surface area (TPSA) is 113 Å². The van der Waals surface area contributed by atoms with Crippen molar-refractivity contribution in [2.45, 2.75) is 12.8 Å².